The van der Waals surface area contributed by atoms with Crippen LogP contribution >= 0.6 is 0 Å². The van der Waals surface area contributed by atoms with E-state index in [4.69, 9.17) is 10.5 Å². The van der Waals surface area contributed by atoms with Gasteiger partial charge in [-0.1, -0.05) is 12.5 Å². The molecule has 1 N–H and O–H groups in total. The predicted octanol–water partition coefficient (Wildman–Crippen LogP) is 2.74. The number of hydrogen-bond donors (Lipinski definition) is 1. The average Bonchev–Trinajstić information content (AvgIpc) is 2.05. The zero-order valence-corrected chi connectivity index (χ0v) is 6.54. The van der Waals surface area contributed by atoms with Gasteiger partial charge in [0.05, 0.1) is 0 Å². The molecule has 0 radical (unpaired) electrons. The summed E-state index contributed by atoms with van der Waals surface area (Å²) in [4.78, 5) is 2.98. The largest absolute Gasteiger partial charge is 0.505 e. The molecule has 0 aromatic rings. The summed E-state index contributed by atoms with van der Waals surface area (Å²) in [6.07, 6.45) is 4.16. The van der Waals surface area contributed by atoms with Crippen molar-refractivity contribution in [3.05, 3.63) is 28.1 Å². The van der Waals surface area contributed by atoms with Crippen LogP contribution in [0.4, 0.5) is 0 Å². The summed E-state index contributed by atoms with van der Waals surface area (Å²) in [6.45, 7) is 2.04. The predicted molar refractivity (Wildman–Crippen MR) is 42.3 cm³/mol. The molecule has 0 saturated carbocycles. The van der Waals surface area contributed by atoms with Gasteiger partial charge in [0.2, 0.25) is 5.39 Å². The lowest BCUT2D eigenvalue weighted by Gasteiger charge is -2.05. The second kappa shape index (κ2) is 3.20. The highest BCUT2D eigenvalue weighted by atomic mass is 16.3. The molecule has 1 rings (SSSR count). The third-order valence-corrected chi connectivity index (χ3v) is 1.88. The molecular formula is C8H11N2O+. The Morgan fingerprint density at radius 2 is 2.36 bits per heavy atom. The standard InChI is InChI=1S/C8H10N2O/c1-2-6-3-4-8(11)7(5-6)10-9/h5H,2-4H2,1H3/p+1. The first-order valence-corrected chi connectivity index (χ1v) is 3.74. The van der Waals surface area contributed by atoms with Gasteiger partial charge in [0.25, 0.3) is 0 Å². The molecule has 0 fully saturated rings. The van der Waals surface area contributed by atoms with E-state index < -0.39 is 0 Å². The molecule has 0 aromatic heterocycles. The number of allylic oxidation sites excluding steroid dienone is 3. The summed E-state index contributed by atoms with van der Waals surface area (Å²) >= 11 is 0. The first kappa shape index (κ1) is 7.80. The smallest absolute Gasteiger partial charge is 0.421 e. The fourth-order valence-electron chi connectivity index (χ4n) is 1.12. The van der Waals surface area contributed by atoms with Crippen molar-refractivity contribution in [2.75, 3.05) is 0 Å². The summed E-state index contributed by atoms with van der Waals surface area (Å²) in [6, 6.07) is 0. The summed E-state index contributed by atoms with van der Waals surface area (Å²) in [5.74, 6) is 0.185. The summed E-state index contributed by atoms with van der Waals surface area (Å²) < 4.78 is 0. The van der Waals surface area contributed by atoms with E-state index in [0.29, 0.717) is 12.1 Å². The average molecular weight is 151 g/mol. The molecule has 0 saturated heterocycles. The van der Waals surface area contributed by atoms with E-state index in [1.165, 1.54) is 5.57 Å². The molecule has 0 aliphatic heterocycles. The van der Waals surface area contributed by atoms with Gasteiger partial charge < -0.3 is 5.11 Å². The molecule has 3 heteroatoms. The number of rotatable bonds is 1. The van der Waals surface area contributed by atoms with E-state index >= 15 is 0 Å². The minimum Gasteiger partial charge on any atom is -0.505 e. The Bertz CT molecular complexity index is 258. The number of nitrogens with zero attached hydrogens (tertiary/aromatic N) is 2. The van der Waals surface area contributed by atoms with E-state index in [0.717, 1.165) is 12.8 Å². The summed E-state index contributed by atoms with van der Waals surface area (Å²) in [5, 5.41) is 17.6. The van der Waals surface area contributed by atoms with Crippen LogP contribution in [0.2, 0.25) is 0 Å². The van der Waals surface area contributed by atoms with Gasteiger partial charge >= 0.3 is 5.70 Å². The molecule has 11 heavy (non-hydrogen) atoms. The minimum atomic E-state index is 0.185. The number of aliphatic hydroxyl groups is 1. The highest BCUT2D eigenvalue weighted by Crippen LogP contribution is 2.24. The lowest BCUT2D eigenvalue weighted by Crippen LogP contribution is -1.95. The van der Waals surface area contributed by atoms with Gasteiger partial charge in [-0.3, -0.25) is 0 Å². The zero-order valence-electron chi connectivity index (χ0n) is 6.54. The topological polar surface area (TPSA) is 48.4 Å². The van der Waals surface area contributed by atoms with Crippen LogP contribution < -0.4 is 0 Å². The molecule has 1 aliphatic rings. The molecule has 1 aliphatic carbocycles. The Morgan fingerprint density at radius 3 is 2.91 bits per heavy atom. The Morgan fingerprint density at radius 1 is 1.64 bits per heavy atom. The fraction of sp³-hybridized carbons (Fsp3) is 0.500. The van der Waals surface area contributed by atoms with Crippen molar-refractivity contribution < 1.29 is 5.11 Å². The quantitative estimate of drug-likeness (QED) is 0.586. The van der Waals surface area contributed by atoms with Gasteiger partial charge in [0.1, 0.15) is 0 Å². The van der Waals surface area contributed by atoms with E-state index in [1.807, 2.05) is 6.92 Å². The molecule has 0 bridgehead atoms. The van der Waals surface area contributed by atoms with Crippen LogP contribution in [-0.2, 0) is 0 Å². The molecule has 0 aromatic carbocycles. The highest BCUT2D eigenvalue weighted by Gasteiger charge is 2.20. The first-order chi connectivity index (χ1) is 5.27. The zero-order chi connectivity index (χ0) is 8.27. The van der Waals surface area contributed by atoms with Gasteiger partial charge in [0.15, 0.2) is 10.7 Å². The van der Waals surface area contributed by atoms with E-state index in [9.17, 15) is 0 Å². The van der Waals surface area contributed by atoms with Gasteiger partial charge in [-0.15, -0.1) is 0 Å². The fourth-order valence-corrected chi connectivity index (χ4v) is 1.12. The van der Waals surface area contributed by atoms with E-state index in [1.54, 1.807) is 6.08 Å². The molecule has 0 unspecified atom stereocenters. The third-order valence-electron chi connectivity index (χ3n) is 1.88. The number of hydrogen-bond acceptors (Lipinski definition) is 2. The van der Waals surface area contributed by atoms with E-state index in [-0.39, 0.29) is 5.76 Å². The Kier molecular flexibility index (Phi) is 2.27. The molecule has 58 valence electrons. The van der Waals surface area contributed by atoms with Crippen molar-refractivity contribution >= 4 is 0 Å². The van der Waals surface area contributed by atoms with Crippen LogP contribution in [0, 0.1) is 5.39 Å². The van der Waals surface area contributed by atoms with Gasteiger partial charge in [-0.2, -0.15) is 0 Å². The third kappa shape index (κ3) is 1.58. The van der Waals surface area contributed by atoms with Crippen molar-refractivity contribution in [2.45, 2.75) is 26.2 Å². The Balaban J connectivity index is 2.89. The van der Waals surface area contributed by atoms with Crippen molar-refractivity contribution in [1.29, 1.82) is 5.39 Å². The maximum atomic E-state index is 9.16. The van der Waals surface area contributed by atoms with E-state index in [2.05, 4.69) is 4.98 Å². The SMILES string of the molecule is CCC1=CC([N+]#N)=C(O)CC1. The Labute approximate surface area is 65.7 Å². The van der Waals surface area contributed by atoms with Crippen molar-refractivity contribution in [3.8, 4) is 0 Å². The highest BCUT2D eigenvalue weighted by molar-refractivity contribution is 5.33. The van der Waals surface area contributed by atoms with Crippen LogP contribution in [0.1, 0.15) is 26.2 Å². The Hall–Kier alpha value is -1.30. The van der Waals surface area contributed by atoms with Gasteiger partial charge in [-0.25, -0.2) is 0 Å². The van der Waals surface area contributed by atoms with Crippen molar-refractivity contribution in [1.82, 2.24) is 0 Å². The number of diazo groups is 1. The van der Waals surface area contributed by atoms with Crippen LogP contribution in [0.5, 0.6) is 0 Å². The number of aliphatic hydroxyl groups excluding tert-OH is 1. The lowest BCUT2D eigenvalue weighted by atomic mass is 10.00. The second-order valence-electron chi connectivity index (χ2n) is 2.59. The van der Waals surface area contributed by atoms with Crippen LogP contribution in [-0.4, -0.2) is 5.11 Å². The molecule has 0 heterocycles. The first-order valence-electron chi connectivity index (χ1n) is 3.74. The molecule has 3 nitrogen and oxygen atoms in total. The molecule has 0 atom stereocenters. The normalized spacial score (nSPS) is 17.6. The summed E-state index contributed by atoms with van der Waals surface area (Å²) in [7, 11) is 0. The molecular weight excluding hydrogens is 140 g/mol. The van der Waals surface area contributed by atoms with Crippen LogP contribution in [0.25, 0.3) is 4.98 Å². The molecule has 0 spiro atoms. The second-order valence-corrected chi connectivity index (χ2v) is 2.59. The maximum Gasteiger partial charge on any atom is 0.421 e. The molecule has 0 amide bonds. The van der Waals surface area contributed by atoms with Crippen LogP contribution in [0.3, 0.4) is 0 Å². The monoisotopic (exact) mass is 151 g/mol. The van der Waals surface area contributed by atoms with Gasteiger partial charge in [-0.05, 0) is 12.8 Å². The van der Waals surface area contributed by atoms with Gasteiger partial charge in [0, 0.05) is 12.5 Å². The lowest BCUT2D eigenvalue weighted by molar-refractivity contribution is 0.380. The minimum absolute atomic E-state index is 0.185. The maximum absolute atomic E-state index is 9.16. The van der Waals surface area contributed by atoms with Crippen molar-refractivity contribution in [2.24, 2.45) is 0 Å². The van der Waals surface area contributed by atoms with Crippen LogP contribution in [0.15, 0.2) is 23.1 Å². The summed E-state index contributed by atoms with van der Waals surface area (Å²) in [5.41, 5.74) is 1.53. The van der Waals surface area contributed by atoms with Crippen molar-refractivity contribution in [3.63, 3.8) is 0 Å².